The van der Waals surface area contributed by atoms with E-state index in [1.165, 1.54) is 0 Å². The van der Waals surface area contributed by atoms with Crippen LogP contribution in [0.15, 0.2) is 0 Å². The fourth-order valence-electron chi connectivity index (χ4n) is 0.904. The second-order valence-electron chi connectivity index (χ2n) is 2.70. The molecule has 14 heavy (non-hydrogen) atoms. The summed E-state index contributed by atoms with van der Waals surface area (Å²) < 4.78 is -1.72. The molecule has 0 aliphatic heterocycles. The van der Waals surface area contributed by atoms with Crippen LogP contribution in [0.4, 0.5) is 0 Å². The van der Waals surface area contributed by atoms with Crippen molar-refractivity contribution in [2.75, 3.05) is 25.4 Å². The third-order valence-electron chi connectivity index (χ3n) is 1.83. The van der Waals surface area contributed by atoms with E-state index in [0.29, 0.717) is 5.75 Å². The Hall–Kier alpha value is 0.360. The van der Waals surface area contributed by atoms with Crippen molar-refractivity contribution in [2.24, 2.45) is 0 Å². The van der Waals surface area contributed by atoms with E-state index in [4.69, 9.17) is 28.3 Å². The molecule has 1 N–H and O–H groups in total. The first-order valence-corrected chi connectivity index (χ1v) is 6.15. The molecule has 0 unspecified atom stereocenters. The summed E-state index contributed by atoms with van der Waals surface area (Å²) in [5.41, 5.74) is 0. The molecule has 0 rings (SSSR count). The minimum absolute atomic E-state index is 0.612. The van der Waals surface area contributed by atoms with E-state index in [2.05, 4.69) is 18.7 Å². The molecule has 0 fully saturated rings. The summed E-state index contributed by atoms with van der Waals surface area (Å²) in [4.78, 5) is 12.7. The number of thioether (sulfide) groups is 1. The Bertz CT molecular complexity index is 186. The van der Waals surface area contributed by atoms with E-state index in [1.54, 1.807) is 0 Å². The summed E-state index contributed by atoms with van der Waals surface area (Å²) in [6.07, 6.45) is 0. The Balaban J connectivity index is 3.78. The lowest BCUT2D eigenvalue weighted by molar-refractivity contribution is -0.135. The zero-order valence-electron chi connectivity index (χ0n) is 8.30. The summed E-state index contributed by atoms with van der Waals surface area (Å²) in [5, 5.41) is 8.62. The lowest BCUT2D eigenvalue weighted by Crippen LogP contribution is -2.28. The lowest BCUT2D eigenvalue weighted by atomic mass is 10.5. The van der Waals surface area contributed by atoms with Crippen LogP contribution in [0.5, 0.6) is 0 Å². The van der Waals surface area contributed by atoms with Gasteiger partial charge < -0.3 is 10.0 Å². The van der Waals surface area contributed by atoms with E-state index in [9.17, 15) is 4.79 Å². The van der Waals surface area contributed by atoms with Crippen molar-refractivity contribution in [3.8, 4) is 0 Å². The first-order valence-electron chi connectivity index (χ1n) is 4.41. The van der Waals surface area contributed by atoms with Gasteiger partial charge in [-0.25, -0.2) is 4.79 Å². The number of halogens is 2. The monoisotopic (exact) mass is 259 g/mol. The summed E-state index contributed by atoms with van der Waals surface area (Å²) in [6.45, 7) is 6.80. The standard InChI is InChI=1S/C8H15Cl2NO2S/c1-3-11(4-2)5-6-14-8(9,10)7(12)13/h3-6H2,1-2H3,(H,12,13). The third kappa shape index (κ3) is 5.29. The molecule has 0 amide bonds. The lowest BCUT2D eigenvalue weighted by Gasteiger charge is -2.19. The van der Waals surface area contributed by atoms with Crippen molar-refractivity contribution in [2.45, 2.75) is 17.5 Å². The molecule has 0 atom stereocenters. The van der Waals surface area contributed by atoms with Crippen LogP contribution in [0.2, 0.25) is 0 Å². The largest absolute Gasteiger partial charge is 0.478 e. The van der Waals surface area contributed by atoms with E-state index >= 15 is 0 Å². The van der Waals surface area contributed by atoms with Crippen LogP contribution in [-0.4, -0.2) is 45.0 Å². The number of carbonyl (C=O) groups is 1. The van der Waals surface area contributed by atoms with Gasteiger partial charge in [0.25, 0.3) is 3.67 Å². The molecule has 0 heterocycles. The van der Waals surface area contributed by atoms with Crippen LogP contribution in [0.25, 0.3) is 0 Å². The maximum atomic E-state index is 10.5. The smallest absolute Gasteiger partial charge is 0.350 e. The summed E-state index contributed by atoms with van der Waals surface area (Å²) in [6, 6.07) is 0. The molecule has 0 aromatic carbocycles. The molecular formula is C8H15Cl2NO2S. The van der Waals surface area contributed by atoms with Crippen LogP contribution in [-0.2, 0) is 4.79 Å². The molecule has 84 valence electrons. The van der Waals surface area contributed by atoms with E-state index in [1.807, 2.05) is 0 Å². The fourth-order valence-corrected chi connectivity index (χ4v) is 2.10. The Morgan fingerprint density at radius 2 is 1.93 bits per heavy atom. The molecule has 0 aliphatic carbocycles. The van der Waals surface area contributed by atoms with Gasteiger partial charge in [0.1, 0.15) is 0 Å². The highest BCUT2D eigenvalue weighted by atomic mass is 35.5. The van der Waals surface area contributed by atoms with Gasteiger partial charge in [-0.1, -0.05) is 37.0 Å². The molecule has 0 aromatic heterocycles. The Morgan fingerprint density at radius 3 is 2.29 bits per heavy atom. The van der Waals surface area contributed by atoms with Gasteiger partial charge in [-0.3, -0.25) is 0 Å². The van der Waals surface area contributed by atoms with Crippen molar-refractivity contribution < 1.29 is 9.90 Å². The van der Waals surface area contributed by atoms with Crippen molar-refractivity contribution in [1.82, 2.24) is 4.90 Å². The normalized spacial score (nSPS) is 12.1. The maximum absolute atomic E-state index is 10.5. The molecular weight excluding hydrogens is 245 g/mol. The van der Waals surface area contributed by atoms with E-state index < -0.39 is 9.63 Å². The van der Waals surface area contributed by atoms with Crippen molar-refractivity contribution in [1.29, 1.82) is 0 Å². The van der Waals surface area contributed by atoms with Gasteiger partial charge in [0.05, 0.1) is 0 Å². The highest BCUT2D eigenvalue weighted by molar-refractivity contribution is 8.04. The summed E-state index contributed by atoms with van der Waals surface area (Å²) in [7, 11) is 0. The van der Waals surface area contributed by atoms with Gasteiger partial charge in [0.15, 0.2) is 0 Å². The maximum Gasteiger partial charge on any atom is 0.350 e. The van der Waals surface area contributed by atoms with Crippen LogP contribution in [0, 0.1) is 0 Å². The first-order chi connectivity index (χ1) is 6.44. The number of carboxylic acids is 1. The second kappa shape index (κ2) is 6.77. The number of hydrogen-bond acceptors (Lipinski definition) is 3. The Labute approximate surface area is 98.7 Å². The average Bonchev–Trinajstić information content (AvgIpc) is 2.12. The van der Waals surface area contributed by atoms with Gasteiger partial charge in [-0.15, -0.1) is 11.8 Å². The van der Waals surface area contributed by atoms with Gasteiger partial charge in [-0.05, 0) is 13.1 Å². The molecule has 0 bridgehead atoms. The predicted molar refractivity (Wildman–Crippen MR) is 62.3 cm³/mol. The number of aliphatic carboxylic acids is 1. The minimum atomic E-state index is -1.72. The van der Waals surface area contributed by atoms with Crippen LogP contribution >= 0.6 is 35.0 Å². The average molecular weight is 260 g/mol. The summed E-state index contributed by atoms with van der Waals surface area (Å²) >= 11 is 12.1. The van der Waals surface area contributed by atoms with Crippen molar-refractivity contribution in [3.05, 3.63) is 0 Å². The van der Waals surface area contributed by atoms with Gasteiger partial charge in [0, 0.05) is 12.3 Å². The van der Waals surface area contributed by atoms with Crippen molar-refractivity contribution >= 4 is 40.9 Å². The quantitative estimate of drug-likeness (QED) is 0.713. The first kappa shape index (κ1) is 14.4. The van der Waals surface area contributed by atoms with Crippen LogP contribution in [0.1, 0.15) is 13.8 Å². The molecule has 0 spiro atoms. The topological polar surface area (TPSA) is 40.5 Å². The predicted octanol–water partition coefficient (Wildman–Crippen LogP) is 2.28. The van der Waals surface area contributed by atoms with Crippen LogP contribution < -0.4 is 0 Å². The number of alkyl halides is 2. The zero-order chi connectivity index (χ0) is 11.2. The fraction of sp³-hybridized carbons (Fsp3) is 0.875. The number of rotatable bonds is 7. The molecule has 0 aliphatic rings. The highest BCUT2D eigenvalue weighted by Crippen LogP contribution is 2.34. The van der Waals surface area contributed by atoms with Gasteiger partial charge in [-0.2, -0.15) is 0 Å². The number of hydrogen-bond donors (Lipinski definition) is 1. The van der Waals surface area contributed by atoms with Gasteiger partial charge >= 0.3 is 5.97 Å². The highest BCUT2D eigenvalue weighted by Gasteiger charge is 2.33. The molecule has 0 radical (unpaired) electrons. The Morgan fingerprint density at radius 1 is 1.43 bits per heavy atom. The molecule has 6 heteroatoms. The van der Waals surface area contributed by atoms with Crippen LogP contribution in [0.3, 0.4) is 0 Å². The number of carboxylic acid groups (broad SMARTS) is 1. The van der Waals surface area contributed by atoms with E-state index in [-0.39, 0.29) is 0 Å². The van der Waals surface area contributed by atoms with E-state index in [0.717, 1.165) is 31.4 Å². The number of nitrogens with zero attached hydrogens (tertiary/aromatic N) is 1. The van der Waals surface area contributed by atoms with Crippen molar-refractivity contribution in [3.63, 3.8) is 0 Å². The Kier molecular flexibility index (Phi) is 6.95. The van der Waals surface area contributed by atoms with Gasteiger partial charge in [0.2, 0.25) is 0 Å². The second-order valence-corrected chi connectivity index (χ2v) is 5.78. The third-order valence-corrected chi connectivity index (χ3v) is 3.74. The SMILES string of the molecule is CCN(CC)CCSC(Cl)(Cl)C(=O)O. The molecule has 0 aromatic rings. The minimum Gasteiger partial charge on any atom is -0.478 e. The molecule has 0 saturated heterocycles. The molecule has 3 nitrogen and oxygen atoms in total. The summed E-state index contributed by atoms with van der Waals surface area (Å²) in [5.74, 6) is -0.591. The zero-order valence-corrected chi connectivity index (χ0v) is 10.6. The molecule has 0 saturated carbocycles.